The lowest BCUT2D eigenvalue weighted by molar-refractivity contribution is -0.152. The largest absolute Gasteiger partial charge is 0.480 e. The highest BCUT2D eigenvalue weighted by Gasteiger charge is 2.57. The molecule has 13 heavy (non-hydrogen) atoms. The van der Waals surface area contributed by atoms with E-state index in [1.807, 2.05) is 0 Å². The topological polar surface area (TPSA) is 49.3 Å². The lowest BCUT2D eigenvalue weighted by atomic mass is 9.88. The third-order valence-corrected chi connectivity index (χ3v) is 2.91. The average Bonchev–Trinajstić information content (AvgIpc) is 2.26. The molecule has 2 rings (SSSR count). The van der Waals surface area contributed by atoms with Gasteiger partial charge in [0.05, 0.1) is 0 Å². The van der Waals surface area contributed by atoms with E-state index in [-0.39, 0.29) is 12.5 Å². The Labute approximate surface area is 74.1 Å². The Bertz CT molecular complexity index is 257. The SMILES string of the molecule is O=C(O)C12CCC(CC(F)(F)C1)N2. The summed E-state index contributed by atoms with van der Waals surface area (Å²) in [6.07, 6.45) is 0.0817. The van der Waals surface area contributed by atoms with Crippen LogP contribution < -0.4 is 5.32 Å². The maximum atomic E-state index is 13.0. The van der Waals surface area contributed by atoms with E-state index in [9.17, 15) is 13.6 Å². The van der Waals surface area contributed by atoms with Crippen molar-refractivity contribution in [1.29, 1.82) is 0 Å². The zero-order chi connectivity index (χ0) is 9.69. The summed E-state index contributed by atoms with van der Waals surface area (Å²) in [5, 5.41) is 11.6. The molecule has 74 valence electrons. The van der Waals surface area contributed by atoms with Crippen LogP contribution in [0.25, 0.3) is 0 Å². The van der Waals surface area contributed by atoms with Crippen molar-refractivity contribution >= 4 is 5.97 Å². The van der Waals surface area contributed by atoms with Gasteiger partial charge < -0.3 is 5.11 Å². The number of fused-ring (bicyclic) bond motifs is 2. The number of carbonyl (C=O) groups is 1. The fourth-order valence-corrected chi connectivity index (χ4v) is 2.37. The first-order valence-corrected chi connectivity index (χ1v) is 4.33. The molecule has 2 aliphatic heterocycles. The number of piperidine rings is 1. The van der Waals surface area contributed by atoms with Gasteiger partial charge in [-0.3, -0.25) is 10.1 Å². The third kappa shape index (κ3) is 1.31. The number of carboxylic acids is 1. The monoisotopic (exact) mass is 191 g/mol. The summed E-state index contributed by atoms with van der Waals surface area (Å²) < 4.78 is 26.1. The van der Waals surface area contributed by atoms with Crippen LogP contribution in [0.5, 0.6) is 0 Å². The highest BCUT2D eigenvalue weighted by molar-refractivity contribution is 5.79. The number of rotatable bonds is 1. The van der Waals surface area contributed by atoms with Crippen LogP contribution in [0.4, 0.5) is 8.78 Å². The van der Waals surface area contributed by atoms with Crippen LogP contribution in [0.2, 0.25) is 0 Å². The van der Waals surface area contributed by atoms with E-state index in [0.717, 1.165) is 0 Å². The molecule has 0 radical (unpaired) electrons. The van der Waals surface area contributed by atoms with Crippen molar-refractivity contribution < 1.29 is 18.7 Å². The first-order valence-electron chi connectivity index (χ1n) is 4.33. The molecule has 0 aliphatic carbocycles. The molecule has 2 bridgehead atoms. The van der Waals surface area contributed by atoms with Gasteiger partial charge in [0.15, 0.2) is 0 Å². The van der Waals surface area contributed by atoms with Crippen LogP contribution in [0, 0.1) is 0 Å². The summed E-state index contributed by atoms with van der Waals surface area (Å²) in [6, 6.07) is -0.320. The van der Waals surface area contributed by atoms with Gasteiger partial charge in [-0.25, -0.2) is 8.78 Å². The Balaban J connectivity index is 2.27. The highest BCUT2D eigenvalue weighted by Crippen LogP contribution is 2.43. The molecule has 0 aromatic carbocycles. The lowest BCUT2D eigenvalue weighted by Gasteiger charge is -2.35. The van der Waals surface area contributed by atoms with Crippen molar-refractivity contribution in [2.75, 3.05) is 0 Å². The third-order valence-electron chi connectivity index (χ3n) is 2.91. The zero-order valence-electron chi connectivity index (χ0n) is 7.02. The lowest BCUT2D eigenvalue weighted by Crippen LogP contribution is -2.57. The summed E-state index contributed by atoms with van der Waals surface area (Å²) in [7, 11) is 0. The maximum absolute atomic E-state index is 13.0. The summed E-state index contributed by atoms with van der Waals surface area (Å²) >= 11 is 0. The van der Waals surface area contributed by atoms with Gasteiger partial charge in [-0.2, -0.15) is 0 Å². The molecule has 2 heterocycles. The molecule has 2 unspecified atom stereocenters. The number of hydrogen-bond donors (Lipinski definition) is 2. The molecule has 2 aliphatic rings. The van der Waals surface area contributed by atoms with Gasteiger partial charge in [-0.1, -0.05) is 0 Å². The van der Waals surface area contributed by atoms with E-state index in [0.29, 0.717) is 12.8 Å². The van der Waals surface area contributed by atoms with Gasteiger partial charge >= 0.3 is 5.97 Å². The van der Waals surface area contributed by atoms with Gasteiger partial charge in [-0.05, 0) is 12.8 Å². The minimum atomic E-state index is -2.81. The number of nitrogens with one attached hydrogen (secondary N) is 1. The first kappa shape index (κ1) is 8.87. The molecule has 3 nitrogen and oxygen atoms in total. The van der Waals surface area contributed by atoms with Crippen LogP contribution in [0.15, 0.2) is 0 Å². The van der Waals surface area contributed by atoms with Gasteiger partial charge in [0.25, 0.3) is 5.92 Å². The minimum Gasteiger partial charge on any atom is -0.480 e. The van der Waals surface area contributed by atoms with Crippen LogP contribution in [0.1, 0.15) is 25.7 Å². The van der Waals surface area contributed by atoms with Crippen molar-refractivity contribution in [2.45, 2.75) is 43.2 Å². The molecule has 2 atom stereocenters. The molecule has 0 saturated carbocycles. The van der Waals surface area contributed by atoms with Gasteiger partial charge in [0.2, 0.25) is 0 Å². The zero-order valence-corrected chi connectivity index (χ0v) is 7.02. The summed E-state index contributed by atoms with van der Waals surface area (Å²) in [5.74, 6) is -3.96. The molecular formula is C8H11F2NO2. The van der Waals surface area contributed by atoms with E-state index in [1.54, 1.807) is 0 Å². The van der Waals surface area contributed by atoms with Crippen LogP contribution in [-0.4, -0.2) is 28.6 Å². The summed E-state index contributed by atoms with van der Waals surface area (Å²) in [5.41, 5.74) is -1.35. The van der Waals surface area contributed by atoms with Crippen molar-refractivity contribution in [2.24, 2.45) is 0 Å². The quantitative estimate of drug-likeness (QED) is 0.649. The van der Waals surface area contributed by atoms with Gasteiger partial charge in [0.1, 0.15) is 5.54 Å². The molecule has 0 spiro atoms. The highest BCUT2D eigenvalue weighted by atomic mass is 19.3. The molecular weight excluding hydrogens is 180 g/mol. The van der Waals surface area contributed by atoms with E-state index in [2.05, 4.69) is 5.32 Å². The average molecular weight is 191 g/mol. The maximum Gasteiger partial charge on any atom is 0.324 e. The predicted octanol–water partition coefficient (Wildman–Crippen LogP) is 0.991. The van der Waals surface area contributed by atoms with E-state index in [1.165, 1.54) is 0 Å². The Morgan fingerprint density at radius 1 is 1.54 bits per heavy atom. The van der Waals surface area contributed by atoms with Crippen molar-refractivity contribution in [3.63, 3.8) is 0 Å². The predicted molar refractivity (Wildman–Crippen MR) is 40.7 cm³/mol. The molecule has 0 amide bonds. The van der Waals surface area contributed by atoms with Crippen LogP contribution >= 0.6 is 0 Å². The van der Waals surface area contributed by atoms with E-state index >= 15 is 0 Å². The van der Waals surface area contributed by atoms with Crippen molar-refractivity contribution in [3.8, 4) is 0 Å². The normalized spacial score (nSPS) is 41.8. The number of alkyl halides is 2. The Kier molecular flexibility index (Phi) is 1.64. The molecule has 0 aromatic heterocycles. The standard InChI is InChI=1S/C8H11F2NO2/c9-8(10)3-5-1-2-7(4-8,11-5)6(12)13/h5,11H,1-4H2,(H,12,13). The fourth-order valence-electron chi connectivity index (χ4n) is 2.37. The minimum absolute atomic E-state index is 0.220. The smallest absolute Gasteiger partial charge is 0.324 e. The van der Waals surface area contributed by atoms with Gasteiger partial charge in [-0.15, -0.1) is 0 Å². The Hall–Kier alpha value is -0.710. The van der Waals surface area contributed by atoms with Crippen molar-refractivity contribution in [3.05, 3.63) is 0 Å². The molecule has 5 heteroatoms. The molecule has 2 N–H and O–H groups in total. The van der Waals surface area contributed by atoms with Crippen LogP contribution in [0.3, 0.4) is 0 Å². The molecule has 2 saturated heterocycles. The first-order chi connectivity index (χ1) is 5.94. The molecule has 2 fully saturated rings. The Morgan fingerprint density at radius 3 is 2.85 bits per heavy atom. The number of hydrogen-bond acceptors (Lipinski definition) is 2. The van der Waals surface area contributed by atoms with Gasteiger partial charge in [0, 0.05) is 18.9 Å². The summed E-state index contributed by atoms with van der Waals surface area (Å²) in [4.78, 5) is 10.8. The van der Waals surface area contributed by atoms with E-state index in [4.69, 9.17) is 5.11 Å². The molecule has 0 aromatic rings. The van der Waals surface area contributed by atoms with Crippen LogP contribution in [-0.2, 0) is 4.79 Å². The Morgan fingerprint density at radius 2 is 2.23 bits per heavy atom. The number of aliphatic carboxylic acids is 1. The number of carboxylic acid groups (broad SMARTS) is 1. The van der Waals surface area contributed by atoms with E-state index < -0.39 is 23.9 Å². The fraction of sp³-hybridized carbons (Fsp3) is 0.875. The second-order valence-corrected chi connectivity index (χ2v) is 4.00. The second kappa shape index (κ2) is 2.41. The van der Waals surface area contributed by atoms with Crippen molar-refractivity contribution in [1.82, 2.24) is 5.32 Å². The summed E-state index contributed by atoms with van der Waals surface area (Å²) in [6.45, 7) is 0. The second-order valence-electron chi connectivity index (χ2n) is 4.00. The number of halogens is 2.